The Bertz CT molecular complexity index is 940. The lowest BCUT2D eigenvalue weighted by Crippen LogP contribution is -2.44. The van der Waals surface area contributed by atoms with Crippen LogP contribution in [0, 0.1) is 0 Å². The van der Waals surface area contributed by atoms with Crippen molar-refractivity contribution in [3.8, 4) is 11.4 Å². The number of anilines is 3. The van der Waals surface area contributed by atoms with Gasteiger partial charge in [-0.15, -0.1) is 0 Å². The van der Waals surface area contributed by atoms with Crippen LogP contribution in [0.5, 0.6) is 0 Å². The molecule has 1 saturated carbocycles. The molecule has 28 heavy (non-hydrogen) atoms. The van der Waals surface area contributed by atoms with Gasteiger partial charge in [-0.05, 0) is 19.9 Å². The first-order chi connectivity index (χ1) is 13.7. The second-order valence-corrected chi connectivity index (χ2v) is 7.70. The monoisotopic (exact) mass is 375 g/mol. The molecule has 0 atom stereocenters. The molecule has 7 nitrogen and oxygen atoms in total. The zero-order valence-corrected chi connectivity index (χ0v) is 16.1. The summed E-state index contributed by atoms with van der Waals surface area (Å²) in [5, 5.41) is 10.9. The molecule has 2 N–H and O–H groups in total. The number of aromatic nitrogens is 4. The summed E-state index contributed by atoms with van der Waals surface area (Å²) in [7, 11) is 2.16. The number of aromatic amines is 1. The van der Waals surface area contributed by atoms with E-state index >= 15 is 0 Å². The molecule has 2 fully saturated rings. The third-order valence-electron chi connectivity index (χ3n) is 5.44. The molecule has 0 amide bonds. The minimum absolute atomic E-state index is 0.647. The zero-order chi connectivity index (χ0) is 18.9. The van der Waals surface area contributed by atoms with Gasteiger partial charge < -0.3 is 15.1 Å². The van der Waals surface area contributed by atoms with Crippen LogP contribution in [0.2, 0.25) is 0 Å². The number of piperazine rings is 1. The number of benzene rings is 1. The van der Waals surface area contributed by atoms with E-state index in [-0.39, 0.29) is 0 Å². The molecule has 0 bridgehead atoms. The van der Waals surface area contributed by atoms with Gasteiger partial charge in [0.15, 0.2) is 11.6 Å². The molecule has 0 radical (unpaired) electrons. The minimum atomic E-state index is 0.647. The fourth-order valence-electron chi connectivity index (χ4n) is 3.55. The number of rotatable bonds is 5. The highest BCUT2D eigenvalue weighted by Crippen LogP contribution is 2.39. The molecule has 2 aromatic heterocycles. The van der Waals surface area contributed by atoms with Gasteiger partial charge >= 0.3 is 0 Å². The number of hydrogen-bond acceptors (Lipinski definition) is 6. The summed E-state index contributed by atoms with van der Waals surface area (Å²) in [6, 6.07) is 14.3. The standard InChI is InChI=1S/C21H25N7/c1-27-9-11-28(12-10-27)20-14-18(22-19-13-17(25-26-19)15-7-8-15)23-21(24-20)16-5-3-2-4-6-16/h2-6,13-15H,7-12H2,1H3,(H2,22,23,24,25,26). The molecule has 1 aliphatic carbocycles. The maximum absolute atomic E-state index is 4.87. The first kappa shape index (κ1) is 17.2. The second kappa shape index (κ2) is 7.24. The van der Waals surface area contributed by atoms with Crippen molar-refractivity contribution in [1.29, 1.82) is 0 Å². The van der Waals surface area contributed by atoms with Crippen molar-refractivity contribution < 1.29 is 0 Å². The SMILES string of the molecule is CN1CCN(c2cc(Nc3cc(C4CC4)[nH]n3)nc(-c3ccccc3)n2)CC1. The molecular formula is C21H25N7. The van der Waals surface area contributed by atoms with E-state index in [1.54, 1.807) is 0 Å². The predicted molar refractivity (Wildman–Crippen MR) is 111 cm³/mol. The molecule has 2 aliphatic rings. The van der Waals surface area contributed by atoms with Crippen molar-refractivity contribution in [2.45, 2.75) is 18.8 Å². The van der Waals surface area contributed by atoms with E-state index in [0.717, 1.165) is 55.0 Å². The maximum atomic E-state index is 4.87. The van der Waals surface area contributed by atoms with Crippen LogP contribution in [-0.2, 0) is 0 Å². The highest BCUT2D eigenvalue weighted by atomic mass is 15.3. The molecular weight excluding hydrogens is 350 g/mol. The fraction of sp³-hybridized carbons (Fsp3) is 0.381. The molecule has 5 rings (SSSR count). The average molecular weight is 375 g/mol. The Labute approximate surface area is 164 Å². The van der Waals surface area contributed by atoms with Crippen LogP contribution in [0.15, 0.2) is 42.5 Å². The minimum Gasteiger partial charge on any atom is -0.354 e. The quantitative estimate of drug-likeness (QED) is 0.713. The Balaban J connectivity index is 1.46. The van der Waals surface area contributed by atoms with E-state index in [4.69, 9.17) is 9.97 Å². The van der Waals surface area contributed by atoms with E-state index in [2.05, 4.69) is 38.4 Å². The van der Waals surface area contributed by atoms with Crippen molar-refractivity contribution in [2.75, 3.05) is 43.4 Å². The molecule has 1 aliphatic heterocycles. The van der Waals surface area contributed by atoms with Crippen LogP contribution in [0.4, 0.5) is 17.5 Å². The number of H-pyrrole nitrogens is 1. The van der Waals surface area contributed by atoms with Crippen LogP contribution >= 0.6 is 0 Å². The van der Waals surface area contributed by atoms with E-state index in [0.29, 0.717) is 5.92 Å². The van der Waals surface area contributed by atoms with Gasteiger partial charge in [0.25, 0.3) is 0 Å². The normalized spacial score (nSPS) is 17.7. The number of likely N-dealkylation sites (N-methyl/N-ethyl adjacent to an activating group) is 1. The van der Waals surface area contributed by atoms with E-state index < -0.39 is 0 Å². The number of nitrogens with zero attached hydrogens (tertiary/aromatic N) is 5. The molecule has 1 aromatic carbocycles. The number of hydrogen-bond donors (Lipinski definition) is 2. The van der Waals surface area contributed by atoms with Crippen LogP contribution in [0.3, 0.4) is 0 Å². The lowest BCUT2D eigenvalue weighted by Gasteiger charge is -2.33. The fourth-order valence-corrected chi connectivity index (χ4v) is 3.55. The Morgan fingerprint density at radius 3 is 2.50 bits per heavy atom. The molecule has 3 heterocycles. The molecule has 3 aromatic rings. The van der Waals surface area contributed by atoms with Gasteiger partial charge in [-0.2, -0.15) is 5.10 Å². The summed E-state index contributed by atoms with van der Waals surface area (Å²) in [5.74, 6) is 3.93. The van der Waals surface area contributed by atoms with Crippen molar-refractivity contribution >= 4 is 17.5 Å². The van der Waals surface area contributed by atoms with Crippen molar-refractivity contribution in [3.05, 3.63) is 48.2 Å². The Kier molecular flexibility index (Phi) is 4.44. The molecule has 0 unspecified atom stereocenters. The van der Waals surface area contributed by atoms with Gasteiger partial charge in [-0.3, -0.25) is 5.10 Å². The van der Waals surface area contributed by atoms with E-state index in [1.165, 1.54) is 18.5 Å². The lowest BCUT2D eigenvalue weighted by molar-refractivity contribution is 0.312. The summed E-state index contributed by atoms with van der Waals surface area (Å²) in [6.45, 7) is 4.01. The third-order valence-corrected chi connectivity index (χ3v) is 5.44. The smallest absolute Gasteiger partial charge is 0.163 e. The molecule has 1 saturated heterocycles. The van der Waals surface area contributed by atoms with Gasteiger partial charge in [0.2, 0.25) is 0 Å². The highest BCUT2D eigenvalue weighted by Gasteiger charge is 2.25. The molecule has 144 valence electrons. The molecule has 7 heteroatoms. The Morgan fingerprint density at radius 2 is 1.75 bits per heavy atom. The highest BCUT2D eigenvalue weighted by molar-refractivity contribution is 5.64. The summed E-state index contributed by atoms with van der Waals surface area (Å²) in [4.78, 5) is 14.3. The lowest BCUT2D eigenvalue weighted by atomic mass is 10.2. The van der Waals surface area contributed by atoms with E-state index in [9.17, 15) is 0 Å². The van der Waals surface area contributed by atoms with Crippen LogP contribution in [0.25, 0.3) is 11.4 Å². The zero-order valence-electron chi connectivity index (χ0n) is 16.1. The van der Waals surface area contributed by atoms with Crippen molar-refractivity contribution in [3.63, 3.8) is 0 Å². The van der Waals surface area contributed by atoms with Gasteiger partial charge in [0.1, 0.15) is 11.6 Å². The van der Waals surface area contributed by atoms with Gasteiger partial charge in [0, 0.05) is 55.5 Å². The predicted octanol–water partition coefficient (Wildman–Crippen LogP) is 3.24. The van der Waals surface area contributed by atoms with Crippen LogP contribution < -0.4 is 10.2 Å². The largest absolute Gasteiger partial charge is 0.354 e. The summed E-state index contributed by atoms with van der Waals surface area (Å²) >= 11 is 0. The first-order valence-electron chi connectivity index (χ1n) is 9.95. The Hall–Kier alpha value is -2.93. The maximum Gasteiger partial charge on any atom is 0.163 e. The van der Waals surface area contributed by atoms with Crippen molar-refractivity contribution in [1.82, 2.24) is 25.1 Å². The topological polar surface area (TPSA) is 73.0 Å². The average Bonchev–Trinajstić information content (AvgIpc) is 3.48. The molecule has 0 spiro atoms. The van der Waals surface area contributed by atoms with E-state index in [1.807, 2.05) is 36.4 Å². The first-order valence-corrected chi connectivity index (χ1v) is 9.95. The van der Waals surface area contributed by atoms with Gasteiger partial charge in [-0.1, -0.05) is 30.3 Å². The third kappa shape index (κ3) is 3.71. The summed E-state index contributed by atoms with van der Waals surface area (Å²) in [5.41, 5.74) is 2.22. The van der Waals surface area contributed by atoms with Crippen molar-refractivity contribution in [2.24, 2.45) is 0 Å². The Morgan fingerprint density at radius 1 is 0.964 bits per heavy atom. The second-order valence-electron chi connectivity index (χ2n) is 7.70. The number of nitrogens with one attached hydrogen (secondary N) is 2. The summed E-state index contributed by atoms with van der Waals surface area (Å²) < 4.78 is 0. The van der Waals surface area contributed by atoms with Crippen LogP contribution in [0.1, 0.15) is 24.5 Å². The van der Waals surface area contributed by atoms with Gasteiger partial charge in [0.05, 0.1) is 0 Å². The van der Waals surface area contributed by atoms with Gasteiger partial charge in [-0.25, -0.2) is 9.97 Å². The summed E-state index contributed by atoms with van der Waals surface area (Å²) in [6.07, 6.45) is 2.50. The van der Waals surface area contributed by atoms with Crippen LogP contribution in [-0.4, -0.2) is 58.3 Å².